The zero-order valence-corrected chi connectivity index (χ0v) is 21.6. The van der Waals surface area contributed by atoms with Crippen LogP contribution in [0.5, 0.6) is 5.75 Å². The number of ether oxygens (including phenoxy) is 1. The Morgan fingerprint density at radius 3 is 2.64 bits per heavy atom. The SMILES string of the molecule is CCCN1C(=O)c2c(C(=O)NCCc3cccs3)ncn2CC1(C)C(=O)NCc1ccc(OC)cc1. The van der Waals surface area contributed by atoms with E-state index in [1.54, 1.807) is 34.8 Å². The lowest BCUT2D eigenvalue weighted by Crippen LogP contribution is -2.64. The molecule has 1 atom stereocenters. The maximum Gasteiger partial charge on any atom is 0.273 e. The van der Waals surface area contributed by atoms with Gasteiger partial charge in [0, 0.05) is 24.5 Å². The summed E-state index contributed by atoms with van der Waals surface area (Å²) in [6.07, 6.45) is 2.85. The van der Waals surface area contributed by atoms with Crippen LogP contribution in [0.15, 0.2) is 48.1 Å². The molecule has 1 aliphatic rings. The number of methoxy groups -OCH3 is 1. The van der Waals surface area contributed by atoms with Gasteiger partial charge in [-0.1, -0.05) is 25.1 Å². The quantitative estimate of drug-likeness (QED) is 0.437. The number of amides is 3. The van der Waals surface area contributed by atoms with Crippen molar-refractivity contribution in [1.29, 1.82) is 0 Å². The van der Waals surface area contributed by atoms with Crippen molar-refractivity contribution in [3.63, 3.8) is 0 Å². The molecule has 2 N–H and O–H groups in total. The topological polar surface area (TPSA) is 106 Å². The largest absolute Gasteiger partial charge is 0.497 e. The van der Waals surface area contributed by atoms with E-state index in [1.165, 1.54) is 11.2 Å². The van der Waals surface area contributed by atoms with Crippen LogP contribution in [0, 0.1) is 0 Å². The summed E-state index contributed by atoms with van der Waals surface area (Å²) in [7, 11) is 1.60. The number of aromatic nitrogens is 2. The highest BCUT2D eigenvalue weighted by molar-refractivity contribution is 7.09. The van der Waals surface area contributed by atoms with E-state index in [-0.39, 0.29) is 29.7 Å². The molecule has 10 heteroatoms. The molecular weight excluding hydrogens is 478 g/mol. The van der Waals surface area contributed by atoms with Gasteiger partial charge >= 0.3 is 0 Å². The van der Waals surface area contributed by atoms with E-state index >= 15 is 0 Å². The molecule has 0 spiro atoms. The molecular formula is C26H31N5O4S. The number of carbonyl (C=O) groups is 3. The minimum absolute atomic E-state index is 0.0907. The summed E-state index contributed by atoms with van der Waals surface area (Å²) in [5, 5.41) is 7.83. The van der Waals surface area contributed by atoms with Gasteiger partial charge in [-0.15, -0.1) is 11.3 Å². The third-order valence-corrected chi connectivity index (χ3v) is 7.30. The lowest BCUT2D eigenvalue weighted by atomic mass is 9.94. The van der Waals surface area contributed by atoms with Crippen molar-refractivity contribution in [2.75, 3.05) is 20.2 Å². The fourth-order valence-corrected chi connectivity index (χ4v) is 5.09. The number of imidazole rings is 1. The Balaban J connectivity index is 1.49. The summed E-state index contributed by atoms with van der Waals surface area (Å²) in [6, 6.07) is 11.4. The molecule has 4 rings (SSSR count). The van der Waals surface area contributed by atoms with Gasteiger partial charge in [0.05, 0.1) is 20.0 Å². The summed E-state index contributed by atoms with van der Waals surface area (Å²) in [6.45, 7) is 5.07. The summed E-state index contributed by atoms with van der Waals surface area (Å²) in [5.41, 5.74) is 0.104. The van der Waals surface area contributed by atoms with Crippen LogP contribution in [0.1, 0.15) is 51.7 Å². The molecule has 3 amide bonds. The van der Waals surface area contributed by atoms with E-state index in [1.807, 2.05) is 48.7 Å². The number of hydrogen-bond donors (Lipinski definition) is 2. The molecule has 9 nitrogen and oxygen atoms in total. The second-order valence-corrected chi connectivity index (χ2v) is 9.95. The third-order valence-electron chi connectivity index (χ3n) is 6.36. The normalized spacial score (nSPS) is 17.0. The predicted octanol–water partition coefficient (Wildman–Crippen LogP) is 2.87. The maximum absolute atomic E-state index is 13.6. The highest BCUT2D eigenvalue weighted by Gasteiger charge is 2.48. The zero-order valence-electron chi connectivity index (χ0n) is 20.7. The van der Waals surface area contributed by atoms with Crippen molar-refractivity contribution in [2.45, 2.75) is 45.3 Å². The van der Waals surface area contributed by atoms with Gasteiger partial charge in [-0.05, 0) is 48.9 Å². The van der Waals surface area contributed by atoms with E-state index < -0.39 is 11.4 Å². The van der Waals surface area contributed by atoms with Crippen LogP contribution in [0.2, 0.25) is 0 Å². The number of fused-ring (bicyclic) bond motifs is 1. The van der Waals surface area contributed by atoms with Gasteiger partial charge in [0.1, 0.15) is 17.0 Å². The molecule has 0 saturated carbocycles. The number of carbonyl (C=O) groups excluding carboxylic acids is 3. The first kappa shape index (κ1) is 25.4. The second-order valence-electron chi connectivity index (χ2n) is 8.92. The number of hydrogen-bond acceptors (Lipinski definition) is 6. The fourth-order valence-electron chi connectivity index (χ4n) is 4.38. The van der Waals surface area contributed by atoms with Gasteiger partial charge in [0.25, 0.3) is 11.8 Å². The molecule has 1 aliphatic heterocycles. The number of nitrogens with one attached hydrogen (secondary N) is 2. The zero-order chi connectivity index (χ0) is 25.7. The highest BCUT2D eigenvalue weighted by Crippen LogP contribution is 2.29. The lowest BCUT2D eigenvalue weighted by molar-refractivity contribution is -0.133. The first-order valence-electron chi connectivity index (χ1n) is 12.0. The second kappa shape index (κ2) is 10.9. The number of rotatable bonds is 10. The van der Waals surface area contributed by atoms with Gasteiger partial charge < -0.3 is 24.8 Å². The van der Waals surface area contributed by atoms with Crippen molar-refractivity contribution in [3.8, 4) is 5.75 Å². The molecule has 36 heavy (non-hydrogen) atoms. The van der Waals surface area contributed by atoms with Gasteiger partial charge in [-0.25, -0.2) is 4.98 Å². The molecule has 0 aliphatic carbocycles. The Morgan fingerprint density at radius 1 is 1.19 bits per heavy atom. The number of nitrogens with zero attached hydrogens (tertiary/aromatic N) is 3. The molecule has 190 valence electrons. The van der Waals surface area contributed by atoms with E-state index in [4.69, 9.17) is 4.74 Å². The molecule has 1 aromatic carbocycles. The highest BCUT2D eigenvalue weighted by atomic mass is 32.1. The molecule has 0 radical (unpaired) electrons. The van der Waals surface area contributed by atoms with Crippen LogP contribution >= 0.6 is 11.3 Å². The Bertz CT molecular complexity index is 1220. The average Bonchev–Trinajstić information content (AvgIpc) is 3.55. The van der Waals surface area contributed by atoms with Crippen LogP contribution in [0.25, 0.3) is 0 Å². The number of benzene rings is 1. The molecule has 0 fully saturated rings. The van der Waals surface area contributed by atoms with Crippen LogP contribution < -0.4 is 15.4 Å². The maximum atomic E-state index is 13.6. The first-order valence-corrected chi connectivity index (χ1v) is 12.8. The molecule has 1 unspecified atom stereocenters. The average molecular weight is 510 g/mol. The van der Waals surface area contributed by atoms with Gasteiger partial charge in [0.15, 0.2) is 5.69 Å². The first-order chi connectivity index (χ1) is 17.4. The van der Waals surface area contributed by atoms with Crippen molar-refractivity contribution in [2.24, 2.45) is 0 Å². The Labute approximate surface area is 214 Å². The van der Waals surface area contributed by atoms with Gasteiger partial charge in [0.2, 0.25) is 5.91 Å². The van der Waals surface area contributed by atoms with Crippen molar-refractivity contribution >= 4 is 29.1 Å². The minimum Gasteiger partial charge on any atom is -0.497 e. The Hall–Kier alpha value is -3.66. The third kappa shape index (κ3) is 5.13. The van der Waals surface area contributed by atoms with Gasteiger partial charge in [-0.2, -0.15) is 0 Å². The monoisotopic (exact) mass is 509 g/mol. The predicted molar refractivity (Wildman–Crippen MR) is 137 cm³/mol. The van der Waals surface area contributed by atoms with Crippen LogP contribution in [-0.2, 0) is 24.3 Å². The summed E-state index contributed by atoms with van der Waals surface area (Å²) < 4.78 is 6.80. The fraction of sp³-hybridized carbons (Fsp3) is 0.385. The van der Waals surface area contributed by atoms with Crippen molar-refractivity contribution in [1.82, 2.24) is 25.1 Å². The van der Waals surface area contributed by atoms with E-state index in [0.29, 0.717) is 32.5 Å². The summed E-state index contributed by atoms with van der Waals surface area (Å²) >= 11 is 1.63. The molecule has 0 saturated heterocycles. The van der Waals surface area contributed by atoms with Crippen LogP contribution in [0.4, 0.5) is 0 Å². The smallest absolute Gasteiger partial charge is 0.273 e. The van der Waals surface area contributed by atoms with Crippen molar-refractivity contribution in [3.05, 3.63) is 69.9 Å². The lowest BCUT2D eigenvalue weighted by Gasteiger charge is -2.43. The van der Waals surface area contributed by atoms with Crippen LogP contribution in [0.3, 0.4) is 0 Å². The van der Waals surface area contributed by atoms with Gasteiger partial charge in [-0.3, -0.25) is 14.4 Å². The van der Waals surface area contributed by atoms with Crippen LogP contribution in [-0.4, -0.2) is 57.9 Å². The Morgan fingerprint density at radius 2 is 1.97 bits per heavy atom. The molecule has 0 bridgehead atoms. The van der Waals surface area contributed by atoms with E-state index in [2.05, 4.69) is 15.6 Å². The molecule has 3 heterocycles. The summed E-state index contributed by atoms with van der Waals surface area (Å²) in [5.74, 6) is -0.284. The summed E-state index contributed by atoms with van der Waals surface area (Å²) in [4.78, 5) is 46.9. The minimum atomic E-state index is -1.12. The molecule has 3 aromatic rings. The standard InChI is InChI=1S/C26H31N5O4S/c1-4-13-31-24(33)22-21(23(32)27-12-11-20-6-5-14-36-20)29-17-30(22)16-26(31,2)25(34)28-15-18-7-9-19(35-3)10-8-18/h5-10,14,17H,4,11-13,15-16H2,1-3H3,(H,27,32)(H,28,34). The Kier molecular flexibility index (Phi) is 7.73. The van der Waals surface area contributed by atoms with Crippen molar-refractivity contribution < 1.29 is 19.1 Å². The molecule has 2 aromatic heterocycles. The number of thiophene rings is 1. The van der Waals surface area contributed by atoms with E-state index in [9.17, 15) is 14.4 Å². The van der Waals surface area contributed by atoms with E-state index in [0.717, 1.165) is 11.3 Å².